The van der Waals surface area contributed by atoms with Crippen molar-refractivity contribution < 1.29 is 41.8 Å². The van der Waals surface area contributed by atoms with Crippen molar-refractivity contribution >= 4 is 29.4 Å². The molecule has 0 atom stereocenters. The predicted molar refractivity (Wildman–Crippen MR) is 170 cm³/mol. The van der Waals surface area contributed by atoms with Gasteiger partial charge in [-0.1, -0.05) is 36.4 Å². The smallest absolute Gasteiger partial charge is 0.416 e. The molecule has 0 heterocycles. The van der Waals surface area contributed by atoms with Gasteiger partial charge in [0, 0.05) is 26.1 Å². The molecule has 2 amide bonds. The highest BCUT2D eigenvalue weighted by atomic mass is 19.4. The van der Waals surface area contributed by atoms with Gasteiger partial charge in [0.15, 0.2) is 0 Å². The van der Waals surface area contributed by atoms with E-state index in [-0.39, 0.29) is 29.1 Å². The van der Waals surface area contributed by atoms with Gasteiger partial charge in [0.2, 0.25) is 0 Å². The topological polar surface area (TPSA) is 102 Å². The van der Waals surface area contributed by atoms with E-state index in [1.807, 2.05) is 0 Å². The van der Waals surface area contributed by atoms with Crippen molar-refractivity contribution in [2.75, 3.05) is 26.5 Å². The normalized spacial score (nSPS) is 11.0. The number of halogens is 3. The van der Waals surface area contributed by atoms with Crippen LogP contribution in [0.4, 0.5) is 18.9 Å². The molecule has 0 saturated heterocycles. The molecule has 0 spiro atoms. The van der Waals surface area contributed by atoms with Crippen molar-refractivity contribution in [3.8, 4) is 16.9 Å². The minimum Gasteiger partial charge on any atom is -0.465 e. The fourth-order valence-electron chi connectivity index (χ4n) is 4.85. The molecule has 0 aliphatic rings. The van der Waals surface area contributed by atoms with E-state index in [0.29, 0.717) is 40.8 Å². The highest BCUT2D eigenvalue weighted by molar-refractivity contribution is 6.11. The molecule has 0 aromatic heterocycles. The molecule has 0 saturated carbocycles. The van der Waals surface area contributed by atoms with Gasteiger partial charge in [-0.15, -0.1) is 0 Å². The van der Waals surface area contributed by atoms with Gasteiger partial charge in [0.05, 0.1) is 29.5 Å². The van der Waals surface area contributed by atoms with Gasteiger partial charge in [0.1, 0.15) is 5.75 Å². The quantitative estimate of drug-likeness (QED) is 0.143. The number of amides is 2. The Morgan fingerprint density at radius 3 is 2.19 bits per heavy atom. The number of rotatable bonds is 10. The standard InChI is InChI=1S/C36H33F3N2O6/c1-22-20-25(35(45)46-4)15-19-31(22)47-32(42)11-7-8-23-12-18-30(29(21-23)34(44)41(2)3)40-33(43)28-10-6-5-9-27(28)24-13-16-26(17-14-24)36(37,38)39/h5-6,9-10,12-21H,7-8,11H2,1-4H3,(H,40,43). The van der Waals surface area contributed by atoms with Gasteiger partial charge >= 0.3 is 18.1 Å². The van der Waals surface area contributed by atoms with Gasteiger partial charge in [-0.25, -0.2) is 4.79 Å². The lowest BCUT2D eigenvalue weighted by molar-refractivity contribution is -0.137. The first kappa shape index (κ1) is 34.4. The van der Waals surface area contributed by atoms with Crippen molar-refractivity contribution in [1.82, 2.24) is 4.90 Å². The first-order valence-corrected chi connectivity index (χ1v) is 14.6. The van der Waals surface area contributed by atoms with Crippen LogP contribution in [0.3, 0.4) is 0 Å². The SMILES string of the molecule is COC(=O)c1ccc(OC(=O)CCCc2ccc(NC(=O)c3ccccc3-c3ccc(C(F)(F)F)cc3)c(C(=O)N(C)C)c2)c(C)c1. The molecular weight excluding hydrogens is 613 g/mol. The summed E-state index contributed by atoms with van der Waals surface area (Å²) in [6, 6.07) is 20.7. The minimum absolute atomic E-state index is 0.0916. The summed E-state index contributed by atoms with van der Waals surface area (Å²) in [5.41, 5.74) is 2.46. The summed E-state index contributed by atoms with van der Waals surface area (Å²) >= 11 is 0. The molecule has 4 rings (SSSR count). The number of ether oxygens (including phenoxy) is 2. The Morgan fingerprint density at radius 1 is 0.851 bits per heavy atom. The zero-order valence-corrected chi connectivity index (χ0v) is 26.2. The van der Waals surface area contributed by atoms with E-state index >= 15 is 0 Å². The second kappa shape index (κ2) is 14.8. The van der Waals surface area contributed by atoms with E-state index in [9.17, 15) is 32.3 Å². The van der Waals surface area contributed by atoms with E-state index < -0.39 is 29.6 Å². The number of anilines is 1. The molecule has 4 aromatic carbocycles. The Kier molecular flexibility index (Phi) is 10.8. The van der Waals surface area contributed by atoms with Crippen LogP contribution >= 0.6 is 0 Å². The van der Waals surface area contributed by atoms with E-state index in [2.05, 4.69) is 5.32 Å². The van der Waals surface area contributed by atoms with E-state index in [1.165, 1.54) is 36.3 Å². The maximum absolute atomic E-state index is 13.5. The van der Waals surface area contributed by atoms with Crippen molar-refractivity contribution in [3.63, 3.8) is 0 Å². The van der Waals surface area contributed by atoms with Crippen LogP contribution in [-0.2, 0) is 22.1 Å². The van der Waals surface area contributed by atoms with E-state index in [4.69, 9.17) is 9.47 Å². The number of esters is 2. The molecule has 0 radical (unpaired) electrons. The lowest BCUT2D eigenvalue weighted by Crippen LogP contribution is -2.24. The fraction of sp³-hybridized carbons (Fsp3) is 0.222. The zero-order valence-electron chi connectivity index (χ0n) is 26.2. The van der Waals surface area contributed by atoms with E-state index in [0.717, 1.165) is 17.7 Å². The third kappa shape index (κ3) is 8.63. The minimum atomic E-state index is -4.49. The lowest BCUT2D eigenvalue weighted by Gasteiger charge is -2.17. The van der Waals surface area contributed by atoms with Crippen molar-refractivity contribution in [1.29, 1.82) is 0 Å². The molecule has 244 valence electrons. The monoisotopic (exact) mass is 646 g/mol. The number of hydrogen-bond donors (Lipinski definition) is 1. The van der Waals surface area contributed by atoms with Crippen molar-refractivity contribution in [2.45, 2.75) is 32.4 Å². The van der Waals surface area contributed by atoms with Crippen LogP contribution in [0.2, 0.25) is 0 Å². The van der Waals surface area contributed by atoms with Crippen LogP contribution in [0, 0.1) is 6.92 Å². The predicted octanol–water partition coefficient (Wildman–Crippen LogP) is 7.35. The summed E-state index contributed by atoms with van der Waals surface area (Å²) in [5.74, 6) is -1.52. The Morgan fingerprint density at radius 2 is 1.55 bits per heavy atom. The Labute approximate surface area is 270 Å². The first-order valence-electron chi connectivity index (χ1n) is 14.6. The van der Waals surface area contributed by atoms with Crippen molar-refractivity contribution in [3.05, 3.63) is 118 Å². The molecule has 47 heavy (non-hydrogen) atoms. The Hall–Kier alpha value is -5.45. The van der Waals surface area contributed by atoms with Gasteiger partial charge < -0.3 is 19.7 Å². The number of nitrogens with zero attached hydrogens (tertiary/aromatic N) is 1. The Balaban J connectivity index is 1.47. The summed E-state index contributed by atoms with van der Waals surface area (Å²) in [5, 5.41) is 2.79. The maximum atomic E-state index is 13.5. The zero-order chi connectivity index (χ0) is 34.3. The number of carbonyl (C=O) groups excluding carboxylic acids is 4. The molecule has 0 aliphatic carbocycles. The maximum Gasteiger partial charge on any atom is 0.416 e. The summed E-state index contributed by atoms with van der Waals surface area (Å²) in [4.78, 5) is 52.2. The fourth-order valence-corrected chi connectivity index (χ4v) is 4.85. The van der Waals surface area contributed by atoms with Crippen LogP contribution in [0.25, 0.3) is 11.1 Å². The van der Waals surface area contributed by atoms with Crippen LogP contribution < -0.4 is 10.1 Å². The molecule has 1 N–H and O–H groups in total. The van der Waals surface area contributed by atoms with Gasteiger partial charge in [-0.05, 0) is 90.6 Å². The highest BCUT2D eigenvalue weighted by Crippen LogP contribution is 2.32. The van der Waals surface area contributed by atoms with Crippen LogP contribution in [0.5, 0.6) is 5.75 Å². The number of alkyl halides is 3. The number of carbonyl (C=O) groups is 4. The van der Waals surface area contributed by atoms with Crippen LogP contribution in [0.15, 0.2) is 84.9 Å². The van der Waals surface area contributed by atoms with Crippen LogP contribution in [0.1, 0.15) is 60.6 Å². The average molecular weight is 647 g/mol. The summed E-state index contributed by atoms with van der Waals surface area (Å²) < 4.78 is 49.4. The number of methoxy groups -OCH3 is 1. The average Bonchev–Trinajstić information content (AvgIpc) is 3.05. The molecule has 11 heteroatoms. The number of nitrogens with one attached hydrogen (secondary N) is 1. The van der Waals surface area contributed by atoms with E-state index in [1.54, 1.807) is 69.6 Å². The summed E-state index contributed by atoms with van der Waals surface area (Å²) in [6.07, 6.45) is -3.54. The van der Waals surface area contributed by atoms with Gasteiger partial charge in [0.25, 0.3) is 11.8 Å². The third-order valence-electron chi connectivity index (χ3n) is 7.33. The second-order valence-electron chi connectivity index (χ2n) is 11.0. The molecule has 4 aromatic rings. The first-order chi connectivity index (χ1) is 22.3. The molecule has 0 aliphatic heterocycles. The number of aryl methyl sites for hydroxylation is 2. The number of benzene rings is 4. The van der Waals surface area contributed by atoms with Crippen LogP contribution in [-0.4, -0.2) is 49.9 Å². The lowest BCUT2D eigenvalue weighted by atomic mass is 9.97. The number of hydrogen-bond acceptors (Lipinski definition) is 6. The summed E-state index contributed by atoms with van der Waals surface area (Å²) in [6.45, 7) is 1.71. The third-order valence-corrected chi connectivity index (χ3v) is 7.33. The molecule has 0 unspecified atom stereocenters. The van der Waals surface area contributed by atoms with Gasteiger partial charge in [-0.2, -0.15) is 13.2 Å². The second-order valence-corrected chi connectivity index (χ2v) is 11.0. The molecule has 8 nitrogen and oxygen atoms in total. The largest absolute Gasteiger partial charge is 0.465 e. The molecular formula is C36H33F3N2O6. The molecule has 0 bridgehead atoms. The van der Waals surface area contributed by atoms with Gasteiger partial charge in [-0.3, -0.25) is 14.4 Å². The highest BCUT2D eigenvalue weighted by Gasteiger charge is 2.30. The van der Waals surface area contributed by atoms with Crippen molar-refractivity contribution in [2.24, 2.45) is 0 Å². The molecule has 0 fully saturated rings. The Bertz CT molecular complexity index is 1800. The summed E-state index contributed by atoms with van der Waals surface area (Å²) in [7, 11) is 4.44.